The first-order valence-electron chi connectivity index (χ1n) is 7.05. The van der Waals surface area contributed by atoms with E-state index in [0.29, 0.717) is 29.2 Å². The van der Waals surface area contributed by atoms with Crippen LogP contribution in [0.25, 0.3) is 0 Å². The summed E-state index contributed by atoms with van der Waals surface area (Å²) in [5.41, 5.74) is 1.90. The first-order valence-corrected chi connectivity index (χ1v) is 7.05. The molecule has 0 radical (unpaired) electrons. The minimum Gasteiger partial charge on any atom is -0.497 e. The molecule has 0 unspecified atom stereocenters. The van der Waals surface area contributed by atoms with E-state index in [4.69, 9.17) is 14.7 Å². The van der Waals surface area contributed by atoms with Crippen molar-refractivity contribution in [1.29, 1.82) is 5.26 Å². The van der Waals surface area contributed by atoms with E-state index in [0.717, 1.165) is 5.56 Å². The number of carbonyl (C=O) groups is 1. The van der Waals surface area contributed by atoms with E-state index < -0.39 is 0 Å². The van der Waals surface area contributed by atoms with Gasteiger partial charge in [-0.05, 0) is 35.9 Å². The van der Waals surface area contributed by atoms with E-state index in [2.05, 4.69) is 6.07 Å². The Bertz CT molecular complexity index is 750. The van der Waals surface area contributed by atoms with E-state index in [1.165, 1.54) is 7.11 Å². The average Bonchev–Trinajstić information content (AvgIpc) is 2.60. The molecule has 23 heavy (non-hydrogen) atoms. The van der Waals surface area contributed by atoms with Gasteiger partial charge in [-0.1, -0.05) is 12.1 Å². The molecule has 0 atom stereocenters. The lowest BCUT2D eigenvalue weighted by molar-refractivity contribution is 0.0781. The smallest absolute Gasteiger partial charge is 0.257 e. The Kier molecular flexibility index (Phi) is 5.21. The van der Waals surface area contributed by atoms with Crippen LogP contribution in [0.1, 0.15) is 21.5 Å². The molecule has 0 N–H and O–H groups in total. The average molecular weight is 310 g/mol. The van der Waals surface area contributed by atoms with Crippen LogP contribution in [-0.4, -0.2) is 32.1 Å². The van der Waals surface area contributed by atoms with Gasteiger partial charge in [0.25, 0.3) is 5.91 Å². The Morgan fingerprint density at radius 2 is 1.96 bits per heavy atom. The van der Waals surface area contributed by atoms with Crippen molar-refractivity contribution in [2.24, 2.45) is 0 Å². The molecule has 0 saturated heterocycles. The molecule has 0 fully saturated rings. The second-order valence-electron chi connectivity index (χ2n) is 5.04. The van der Waals surface area contributed by atoms with Gasteiger partial charge in [0.2, 0.25) is 0 Å². The highest BCUT2D eigenvalue weighted by atomic mass is 16.5. The number of nitriles is 1. The predicted molar refractivity (Wildman–Crippen MR) is 86.5 cm³/mol. The summed E-state index contributed by atoms with van der Waals surface area (Å²) in [6.45, 7) is 0.398. The molecule has 2 rings (SSSR count). The standard InChI is InChI=1S/C18H18N2O3/c1-20(12-14-6-4-5-13(9-14)11-19)18(21)16-10-15(22-2)7-8-17(16)23-3/h4-10H,12H2,1-3H3. The van der Waals surface area contributed by atoms with Crippen LogP contribution in [0.3, 0.4) is 0 Å². The number of carbonyl (C=O) groups excluding carboxylic acids is 1. The molecule has 2 aromatic rings. The number of hydrogen-bond donors (Lipinski definition) is 0. The minimum atomic E-state index is -0.178. The number of methoxy groups -OCH3 is 2. The third-order valence-electron chi connectivity index (χ3n) is 3.46. The van der Waals surface area contributed by atoms with Crippen LogP contribution in [0, 0.1) is 11.3 Å². The lowest BCUT2D eigenvalue weighted by atomic mass is 10.1. The molecular weight excluding hydrogens is 292 g/mol. The van der Waals surface area contributed by atoms with Crippen LogP contribution in [0.2, 0.25) is 0 Å². The molecule has 118 valence electrons. The summed E-state index contributed by atoms with van der Waals surface area (Å²) in [7, 11) is 4.78. The van der Waals surface area contributed by atoms with Crippen molar-refractivity contribution in [3.63, 3.8) is 0 Å². The summed E-state index contributed by atoms with van der Waals surface area (Å²) in [6.07, 6.45) is 0. The van der Waals surface area contributed by atoms with Gasteiger partial charge < -0.3 is 14.4 Å². The van der Waals surface area contributed by atoms with Gasteiger partial charge in [0.15, 0.2) is 0 Å². The Hall–Kier alpha value is -3.00. The molecule has 0 aliphatic carbocycles. The zero-order valence-electron chi connectivity index (χ0n) is 13.4. The van der Waals surface area contributed by atoms with Gasteiger partial charge >= 0.3 is 0 Å². The van der Waals surface area contributed by atoms with Gasteiger partial charge in [0.05, 0.1) is 31.4 Å². The second-order valence-corrected chi connectivity index (χ2v) is 5.04. The van der Waals surface area contributed by atoms with Gasteiger partial charge in [-0.3, -0.25) is 4.79 Å². The van der Waals surface area contributed by atoms with Crippen molar-refractivity contribution in [2.75, 3.05) is 21.3 Å². The summed E-state index contributed by atoms with van der Waals surface area (Å²) in [6, 6.07) is 14.4. The maximum absolute atomic E-state index is 12.7. The molecule has 5 heteroatoms. The number of benzene rings is 2. The topological polar surface area (TPSA) is 62.6 Å². The Morgan fingerprint density at radius 1 is 1.17 bits per heavy atom. The van der Waals surface area contributed by atoms with Gasteiger partial charge in [-0.2, -0.15) is 5.26 Å². The van der Waals surface area contributed by atoms with Gasteiger partial charge in [0, 0.05) is 13.6 Å². The normalized spacial score (nSPS) is 9.83. The lowest BCUT2D eigenvalue weighted by Gasteiger charge is -2.19. The molecule has 5 nitrogen and oxygen atoms in total. The third kappa shape index (κ3) is 3.80. The molecule has 2 aromatic carbocycles. The van der Waals surface area contributed by atoms with Gasteiger partial charge in [0.1, 0.15) is 11.5 Å². The van der Waals surface area contributed by atoms with E-state index in [1.54, 1.807) is 55.5 Å². The number of hydrogen-bond acceptors (Lipinski definition) is 4. The molecule has 0 aliphatic rings. The summed E-state index contributed by atoms with van der Waals surface area (Å²) >= 11 is 0. The number of rotatable bonds is 5. The molecule has 0 bridgehead atoms. The fraction of sp³-hybridized carbons (Fsp3) is 0.222. The van der Waals surface area contributed by atoms with E-state index >= 15 is 0 Å². The highest BCUT2D eigenvalue weighted by molar-refractivity contribution is 5.97. The van der Waals surface area contributed by atoms with Gasteiger partial charge in [-0.15, -0.1) is 0 Å². The summed E-state index contributed by atoms with van der Waals surface area (Å²) in [4.78, 5) is 14.3. The van der Waals surface area contributed by atoms with E-state index in [1.807, 2.05) is 6.07 Å². The first-order chi connectivity index (χ1) is 11.1. The molecule has 0 saturated carbocycles. The van der Waals surface area contributed by atoms with Crippen molar-refractivity contribution in [3.05, 3.63) is 59.2 Å². The van der Waals surface area contributed by atoms with Crippen LogP contribution in [0.4, 0.5) is 0 Å². The highest BCUT2D eigenvalue weighted by Gasteiger charge is 2.18. The Labute approximate surface area is 135 Å². The quantitative estimate of drug-likeness (QED) is 0.852. The highest BCUT2D eigenvalue weighted by Crippen LogP contribution is 2.25. The molecule has 1 amide bonds. The first kappa shape index (κ1) is 16.4. The molecular formula is C18H18N2O3. The number of nitrogens with zero attached hydrogens (tertiary/aromatic N) is 2. The lowest BCUT2D eigenvalue weighted by Crippen LogP contribution is -2.26. The van der Waals surface area contributed by atoms with Crippen molar-refractivity contribution >= 4 is 5.91 Å². The fourth-order valence-electron chi connectivity index (χ4n) is 2.27. The van der Waals surface area contributed by atoms with Crippen LogP contribution in [-0.2, 0) is 6.54 Å². The van der Waals surface area contributed by atoms with Crippen molar-refractivity contribution in [2.45, 2.75) is 6.54 Å². The van der Waals surface area contributed by atoms with E-state index in [9.17, 15) is 4.79 Å². The largest absolute Gasteiger partial charge is 0.497 e. The van der Waals surface area contributed by atoms with Crippen molar-refractivity contribution in [3.8, 4) is 17.6 Å². The second kappa shape index (κ2) is 7.32. The minimum absolute atomic E-state index is 0.178. The van der Waals surface area contributed by atoms with Crippen molar-refractivity contribution in [1.82, 2.24) is 4.90 Å². The zero-order valence-corrected chi connectivity index (χ0v) is 13.4. The van der Waals surface area contributed by atoms with Crippen molar-refractivity contribution < 1.29 is 14.3 Å². The molecule has 0 aromatic heterocycles. The van der Waals surface area contributed by atoms with Crippen LogP contribution < -0.4 is 9.47 Å². The maximum Gasteiger partial charge on any atom is 0.257 e. The predicted octanol–water partition coefficient (Wildman–Crippen LogP) is 2.85. The zero-order chi connectivity index (χ0) is 16.8. The summed E-state index contributed by atoms with van der Waals surface area (Å²) < 4.78 is 10.4. The van der Waals surface area contributed by atoms with Gasteiger partial charge in [-0.25, -0.2) is 0 Å². The van der Waals surface area contributed by atoms with Crippen LogP contribution >= 0.6 is 0 Å². The van der Waals surface area contributed by atoms with E-state index in [-0.39, 0.29) is 5.91 Å². The third-order valence-corrected chi connectivity index (χ3v) is 3.46. The Balaban J connectivity index is 2.24. The SMILES string of the molecule is COc1ccc(OC)c(C(=O)N(C)Cc2cccc(C#N)c2)c1. The molecule has 0 spiro atoms. The summed E-state index contributed by atoms with van der Waals surface area (Å²) in [5, 5.41) is 8.95. The Morgan fingerprint density at radius 3 is 2.61 bits per heavy atom. The molecule has 0 aliphatic heterocycles. The van der Waals surface area contributed by atoms with Crippen LogP contribution in [0.15, 0.2) is 42.5 Å². The number of amides is 1. The van der Waals surface area contributed by atoms with Crippen LogP contribution in [0.5, 0.6) is 11.5 Å². The molecule has 0 heterocycles. The summed E-state index contributed by atoms with van der Waals surface area (Å²) in [5.74, 6) is 0.908. The monoisotopic (exact) mass is 310 g/mol. The maximum atomic E-state index is 12.7. The fourth-order valence-corrected chi connectivity index (χ4v) is 2.27. The number of ether oxygens (including phenoxy) is 2.